The van der Waals surface area contributed by atoms with E-state index in [0.717, 1.165) is 42.9 Å². The molecule has 8 heteroatoms. The molecule has 0 radical (unpaired) electrons. The molecule has 1 fully saturated rings. The number of nitrogens with zero attached hydrogens (tertiary/aromatic N) is 1. The van der Waals surface area contributed by atoms with Gasteiger partial charge >= 0.3 is 6.36 Å². The molecule has 0 aliphatic carbocycles. The maximum Gasteiger partial charge on any atom is 0.573 e. The van der Waals surface area contributed by atoms with Gasteiger partial charge in [0.15, 0.2) is 11.5 Å². The van der Waals surface area contributed by atoms with Gasteiger partial charge in [-0.15, -0.1) is 13.2 Å². The van der Waals surface area contributed by atoms with Gasteiger partial charge in [0.2, 0.25) is 0 Å². The van der Waals surface area contributed by atoms with Gasteiger partial charge in [0, 0.05) is 26.2 Å². The first-order valence-electron chi connectivity index (χ1n) is 11.7. The van der Waals surface area contributed by atoms with Crippen LogP contribution in [-0.2, 0) is 6.61 Å². The van der Waals surface area contributed by atoms with Gasteiger partial charge in [0.1, 0.15) is 12.4 Å². The van der Waals surface area contributed by atoms with Crippen LogP contribution in [0.15, 0.2) is 72.8 Å². The molecule has 1 saturated heterocycles. The van der Waals surface area contributed by atoms with E-state index in [4.69, 9.17) is 9.47 Å². The highest BCUT2D eigenvalue weighted by atomic mass is 19.4. The lowest BCUT2D eigenvalue weighted by Gasteiger charge is -2.36. The van der Waals surface area contributed by atoms with E-state index < -0.39 is 6.36 Å². The summed E-state index contributed by atoms with van der Waals surface area (Å²) in [6.07, 6.45) is -4.72. The van der Waals surface area contributed by atoms with Crippen LogP contribution >= 0.6 is 0 Å². The number of rotatable bonds is 9. The Hall–Kier alpha value is -3.23. The third-order valence-electron chi connectivity index (χ3n) is 5.77. The van der Waals surface area contributed by atoms with Gasteiger partial charge in [-0.05, 0) is 47.9 Å². The number of alkyl halides is 3. The van der Waals surface area contributed by atoms with Crippen molar-refractivity contribution in [3.8, 4) is 17.2 Å². The van der Waals surface area contributed by atoms with Gasteiger partial charge < -0.3 is 19.5 Å². The SMILES string of the molecule is CCOc1cc([C@@H](c2ccc(OC(F)(F)F)cc2)N2CCNCC2)ccc1OCc1ccccc1. The van der Waals surface area contributed by atoms with E-state index in [1.807, 2.05) is 55.5 Å². The molecule has 0 bridgehead atoms. The van der Waals surface area contributed by atoms with E-state index in [9.17, 15) is 13.2 Å². The summed E-state index contributed by atoms with van der Waals surface area (Å²) in [7, 11) is 0. The molecule has 1 aliphatic rings. The smallest absolute Gasteiger partial charge is 0.490 e. The van der Waals surface area contributed by atoms with Gasteiger partial charge in [0.25, 0.3) is 0 Å². The average Bonchev–Trinajstić information content (AvgIpc) is 2.85. The average molecular weight is 487 g/mol. The van der Waals surface area contributed by atoms with Crippen molar-refractivity contribution in [1.29, 1.82) is 0 Å². The first-order chi connectivity index (χ1) is 16.9. The summed E-state index contributed by atoms with van der Waals surface area (Å²) >= 11 is 0. The highest BCUT2D eigenvalue weighted by Crippen LogP contribution is 2.37. The molecule has 0 amide bonds. The highest BCUT2D eigenvalue weighted by Gasteiger charge is 2.31. The molecule has 1 atom stereocenters. The molecule has 1 heterocycles. The zero-order valence-electron chi connectivity index (χ0n) is 19.6. The second-order valence-electron chi connectivity index (χ2n) is 8.22. The minimum absolute atomic E-state index is 0.153. The Labute approximate surface area is 203 Å². The van der Waals surface area contributed by atoms with Crippen LogP contribution in [0.2, 0.25) is 0 Å². The molecule has 186 valence electrons. The van der Waals surface area contributed by atoms with Gasteiger partial charge in [-0.25, -0.2) is 0 Å². The molecule has 1 aliphatic heterocycles. The van der Waals surface area contributed by atoms with E-state index in [2.05, 4.69) is 15.0 Å². The summed E-state index contributed by atoms with van der Waals surface area (Å²) in [5, 5.41) is 3.35. The molecular weight excluding hydrogens is 457 g/mol. The van der Waals surface area contributed by atoms with E-state index in [1.165, 1.54) is 12.1 Å². The Morgan fingerprint density at radius 2 is 1.54 bits per heavy atom. The Morgan fingerprint density at radius 3 is 2.20 bits per heavy atom. The van der Waals surface area contributed by atoms with E-state index in [0.29, 0.717) is 24.7 Å². The number of ether oxygens (including phenoxy) is 3. The van der Waals surface area contributed by atoms with Crippen LogP contribution in [-0.4, -0.2) is 44.0 Å². The molecule has 0 unspecified atom stereocenters. The van der Waals surface area contributed by atoms with Crippen molar-refractivity contribution in [3.05, 3.63) is 89.5 Å². The van der Waals surface area contributed by atoms with Crippen LogP contribution < -0.4 is 19.5 Å². The lowest BCUT2D eigenvalue weighted by atomic mass is 9.96. The summed E-state index contributed by atoms with van der Waals surface area (Å²) < 4.78 is 53.9. The van der Waals surface area contributed by atoms with Crippen molar-refractivity contribution in [2.24, 2.45) is 0 Å². The van der Waals surface area contributed by atoms with E-state index >= 15 is 0 Å². The van der Waals surface area contributed by atoms with Gasteiger partial charge in [-0.1, -0.05) is 48.5 Å². The van der Waals surface area contributed by atoms with Crippen LogP contribution in [0, 0.1) is 0 Å². The minimum atomic E-state index is -4.72. The van der Waals surface area contributed by atoms with Gasteiger partial charge in [0.05, 0.1) is 12.6 Å². The first-order valence-corrected chi connectivity index (χ1v) is 11.7. The van der Waals surface area contributed by atoms with Crippen LogP contribution in [0.5, 0.6) is 17.2 Å². The van der Waals surface area contributed by atoms with Crippen molar-refractivity contribution in [2.45, 2.75) is 25.9 Å². The topological polar surface area (TPSA) is 43.0 Å². The molecule has 1 N–H and O–H groups in total. The largest absolute Gasteiger partial charge is 0.573 e. The maximum atomic E-state index is 12.6. The monoisotopic (exact) mass is 486 g/mol. The summed E-state index contributed by atoms with van der Waals surface area (Å²) in [6, 6.07) is 21.7. The molecule has 0 aromatic heterocycles. The van der Waals surface area contributed by atoms with Crippen molar-refractivity contribution in [3.63, 3.8) is 0 Å². The lowest BCUT2D eigenvalue weighted by molar-refractivity contribution is -0.274. The lowest BCUT2D eigenvalue weighted by Crippen LogP contribution is -2.45. The summed E-state index contributed by atoms with van der Waals surface area (Å²) in [6.45, 7) is 6.10. The molecule has 35 heavy (non-hydrogen) atoms. The third-order valence-corrected chi connectivity index (χ3v) is 5.77. The molecule has 5 nitrogen and oxygen atoms in total. The highest BCUT2D eigenvalue weighted by molar-refractivity contribution is 5.46. The summed E-state index contributed by atoms with van der Waals surface area (Å²) in [5.74, 6) is 1.05. The zero-order valence-corrected chi connectivity index (χ0v) is 19.6. The fourth-order valence-electron chi connectivity index (χ4n) is 4.22. The van der Waals surface area contributed by atoms with Crippen LogP contribution in [0.25, 0.3) is 0 Å². The fraction of sp³-hybridized carbons (Fsp3) is 0.333. The van der Waals surface area contributed by atoms with E-state index in [1.54, 1.807) is 12.1 Å². The number of hydrogen-bond donors (Lipinski definition) is 1. The van der Waals surface area contributed by atoms with Gasteiger partial charge in [-0.2, -0.15) is 0 Å². The number of piperazine rings is 1. The van der Waals surface area contributed by atoms with Crippen LogP contribution in [0.4, 0.5) is 13.2 Å². The summed E-state index contributed by atoms with van der Waals surface area (Å²) in [5.41, 5.74) is 2.91. The molecule has 3 aromatic rings. The zero-order chi connectivity index (χ0) is 24.7. The number of benzene rings is 3. The van der Waals surface area contributed by atoms with Gasteiger partial charge in [-0.3, -0.25) is 4.90 Å². The number of nitrogens with one attached hydrogen (secondary N) is 1. The quantitative estimate of drug-likeness (QED) is 0.429. The Balaban J connectivity index is 1.62. The van der Waals surface area contributed by atoms with E-state index in [-0.39, 0.29) is 11.8 Å². The standard InChI is InChI=1S/C27H29F3N2O3/c1-2-33-25-18-22(10-13-24(25)34-19-20-6-4-3-5-7-20)26(32-16-14-31-15-17-32)21-8-11-23(12-9-21)35-27(28,29)30/h3-13,18,26,31H,2,14-17,19H2,1H3/t26-/m1/s1. The molecule has 4 rings (SSSR count). The molecule has 3 aromatic carbocycles. The normalized spacial score (nSPS) is 15.4. The first kappa shape index (κ1) is 24.9. The fourth-order valence-corrected chi connectivity index (χ4v) is 4.22. The van der Waals surface area contributed by atoms with Crippen molar-refractivity contribution in [2.75, 3.05) is 32.8 Å². The second-order valence-corrected chi connectivity index (χ2v) is 8.22. The predicted molar refractivity (Wildman–Crippen MR) is 128 cm³/mol. The minimum Gasteiger partial charge on any atom is -0.490 e. The van der Waals surface area contributed by atoms with Crippen molar-refractivity contribution in [1.82, 2.24) is 10.2 Å². The molecule has 0 spiro atoms. The third kappa shape index (κ3) is 6.90. The summed E-state index contributed by atoms with van der Waals surface area (Å²) in [4.78, 5) is 2.31. The van der Waals surface area contributed by atoms with Crippen LogP contribution in [0.3, 0.4) is 0 Å². The number of halogens is 3. The molecule has 0 saturated carbocycles. The Kier molecular flexibility index (Phi) is 8.15. The Morgan fingerprint density at radius 1 is 0.857 bits per heavy atom. The van der Waals surface area contributed by atoms with Crippen molar-refractivity contribution < 1.29 is 27.4 Å². The number of hydrogen-bond acceptors (Lipinski definition) is 5. The second kappa shape index (κ2) is 11.5. The Bertz CT molecular complexity index is 1070. The molecular formula is C27H29F3N2O3. The predicted octanol–water partition coefficient (Wildman–Crippen LogP) is 5.56. The van der Waals surface area contributed by atoms with Crippen LogP contribution in [0.1, 0.15) is 29.7 Å². The maximum absolute atomic E-state index is 12.6. The van der Waals surface area contributed by atoms with Crippen molar-refractivity contribution >= 4 is 0 Å².